The van der Waals surface area contributed by atoms with E-state index in [0.29, 0.717) is 5.56 Å². The van der Waals surface area contributed by atoms with Gasteiger partial charge in [0.05, 0.1) is 0 Å². The van der Waals surface area contributed by atoms with Crippen LogP contribution in [0, 0.1) is 20.2 Å². The quantitative estimate of drug-likeness (QED) is 0.510. The summed E-state index contributed by atoms with van der Waals surface area (Å²) in [7, 11) is 0. The van der Waals surface area contributed by atoms with Crippen LogP contribution in [-0.2, 0) is 0 Å². The Morgan fingerprint density at radius 2 is 0.900 bits per heavy atom. The van der Waals surface area contributed by atoms with E-state index in [2.05, 4.69) is 5.32 Å². The highest BCUT2D eigenvalue weighted by Gasteiger charge is 2.58. The van der Waals surface area contributed by atoms with Crippen LogP contribution in [-0.4, -0.2) is 21.9 Å². The molecule has 7 heteroatoms. The normalized spacial score (nSPS) is 26.1. The molecule has 1 fully saturated rings. The molecule has 3 aromatic rings. The van der Waals surface area contributed by atoms with Crippen LogP contribution >= 0.6 is 0 Å². The highest BCUT2D eigenvalue weighted by Crippen LogP contribution is 2.44. The van der Waals surface area contributed by atoms with Crippen molar-refractivity contribution in [3.05, 3.63) is 128 Å². The van der Waals surface area contributed by atoms with Crippen molar-refractivity contribution in [1.29, 1.82) is 0 Å². The summed E-state index contributed by atoms with van der Waals surface area (Å²) in [5.74, 6) is -0.895. The second-order valence-corrected chi connectivity index (χ2v) is 7.43. The third kappa shape index (κ3) is 3.67. The average Bonchev–Trinajstić information content (AvgIpc) is 2.79. The van der Waals surface area contributed by atoms with Crippen LogP contribution in [0.4, 0.5) is 0 Å². The summed E-state index contributed by atoms with van der Waals surface area (Å²) in [5, 5.41) is 27.8. The Labute approximate surface area is 173 Å². The first kappa shape index (κ1) is 19.7. The van der Waals surface area contributed by atoms with Gasteiger partial charge in [-0.2, -0.15) is 0 Å². The topological polar surface area (TPSA) is 98.3 Å². The number of hydrogen-bond donors (Lipinski definition) is 1. The molecule has 1 saturated heterocycles. The maximum absolute atomic E-state index is 12.3. The van der Waals surface area contributed by atoms with Crippen molar-refractivity contribution in [2.24, 2.45) is 0 Å². The molecule has 1 aliphatic rings. The van der Waals surface area contributed by atoms with Crippen molar-refractivity contribution < 1.29 is 9.85 Å². The van der Waals surface area contributed by atoms with Gasteiger partial charge in [0.25, 0.3) is 0 Å². The molecule has 30 heavy (non-hydrogen) atoms. The Hall–Kier alpha value is -3.58. The van der Waals surface area contributed by atoms with Crippen molar-refractivity contribution in [2.45, 2.75) is 30.1 Å². The summed E-state index contributed by atoms with van der Waals surface area (Å²) < 4.78 is 0. The molecule has 0 amide bonds. The molecule has 4 unspecified atom stereocenters. The lowest BCUT2D eigenvalue weighted by Gasteiger charge is -2.40. The maximum atomic E-state index is 12.3. The maximum Gasteiger partial charge on any atom is 0.245 e. The summed E-state index contributed by atoms with van der Waals surface area (Å²) in [6, 6.07) is 23.4. The third-order valence-corrected chi connectivity index (χ3v) is 5.77. The fourth-order valence-corrected chi connectivity index (χ4v) is 4.49. The van der Waals surface area contributed by atoms with Crippen LogP contribution in [0.25, 0.3) is 0 Å². The molecule has 0 saturated carbocycles. The van der Waals surface area contributed by atoms with Gasteiger partial charge in [0, 0.05) is 9.85 Å². The van der Waals surface area contributed by atoms with Gasteiger partial charge >= 0.3 is 0 Å². The van der Waals surface area contributed by atoms with Crippen molar-refractivity contribution in [3.8, 4) is 0 Å². The highest BCUT2D eigenvalue weighted by molar-refractivity contribution is 5.33. The van der Waals surface area contributed by atoms with Gasteiger partial charge in [0.1, 0.15) is 18.0 Å². The third-order valence-electron chi connectivity index (χ3n) is 5.77. The van der Waals surface area contributed by atoms with Crippen LogP contribution in [0.5, 0.6) is 0 Å². The number of nitrogens with zero attached hydrogens (tertiary/aromatic N) is 2. The van der Waals surface area contributed by atoms with Gasteiger partial charge in [-0.15, -0.1) is 0 Å². The van der Waals surface area contributed by atoms with E-state index >= 15 is 0 Å². The minimum atomic E-state index is -1.19. The second kappa shape index (κ2) is 8.42. The Morgan fingerprint density at radius 1 is 0.567 bits per heavy atom. The number of piperidine rings is 1. The van der Waals surface area contributed by atoms with Gasteiger partial charge in [-0.3, -0.25) is 25.5 Å². The Balaban J connectivity index is 1.91. The number of nitro groups is 2. The lowest BCUT2D eigenvalue weighted by molar-refractivity contribution is -0.581. The summed E-state index contributed by atoms with van der Waals surface area (Å²) in [6.45, 7) is 0. The zero-order chi connectivity index (χ0) is 21.1. The molecule has 0 radical (unpaired) electrons. The van der Waals surface area contributed by atoms with E-state index < -0.39 is 30.1 Å². The molecule has 7 nitrogen and oxygen atoms in total. The van der Waals surface area contributed by atoms with Crippen molar-refractivity contribution in [3.63, 3.8) is 0 Å². The van der Waals surface area contributed by atoms with Crippen LogP contribution in [0.15, 0.2) is 91.0 Å². The van der Waals surface area contributed by atoms with E-state index in [4.69, 9.17) is 0 Å². The standard InChI is InChI=1S/C23H21N3O4/c27-25(28)22-19(16-10-4-1-5-11-16)23(26(29)30)21(18-14-8-3-9-15-18)24-20(22)17-12-6-2-7-13-17/h1-15,19-24H. The van der Waals surface area contributed by atoms with Crippen LogP contribution in [0.2, 0.25) is 0 Å². The molecule has 3 aromatic carbocycles. The first-order valence-electron chi connectivity index (χ1n) is 9.76. The minimum Gasteiger partial charge on any atom is -0.291 e. The number of hydrogen-bond acceptors (Lipinski definition) is 5. The van der Waals surface area contributed by atoms with Crippen LogP contribution < -0.4 is 5.32 Å². The Morgan fingerprint density at radius 3 is 1.23 bits per heavy atom. The molecule has 4 rings (SSSR count). The van der Waals surface area contributed by atoms with E-state index in [9.17, 15) is 20.2 Å². The second-order valence-electron chi connectivity index (χ2n) is 7.43. The lowest BCUT2D eigenvalue weighted by atomic mass is 9.72. The van der Waals surface area contributed by atoms with Crippen LogP contribution in [0.3, 0.4) is 0 Å². The highest BCUT2D eigenvalue weighted by atomic mass is 16.6. The number of rotatable bonds is 5. The molecule has 1 aliphatic heterocycles. The molecule has 152 valence electrons. The van der Waals surface area contributed by atoms with E-state index in [1.54, 1.807) is 30.3 Å². The van der Waals surface area contributed by atoms with Gasteiger partial charge in [-0.05, 0) is 16.7 Å². The summed E-state index contributed by atoms with van der Waals surface area (Å²) in [4.78, 5) is 23.8. The van der Waals surface area contributed by atoms with Crippen molar-refractivity contribution in [2.75, 3.05) is 0 Å². The van der Waals surface area contributed by atoms with E-state index in [1.807, 2.05) is 60.7 Å². The monoisotopic (exact) mass is 403 g/mol. The molecule has 1 N–H and O–H groups in total. The molecule has 0 aromatic heterocycles. The zero-order valence-electron chi connectivity index (χ0n) is 16.1. The van der Waals surface area contributed by atoms with Gasteiger partial charge in [0.15, 0.2) is 0 Å². The SMILES string of the molecule is O=[N+]([O-])C1C(c2ccccc2)NC(c2ccccc2)C([N+](=O)[O-])C1c1ccccc1. The number of nitrogens with one attached hydrogen (secondary N) is 1. The fourth-order valence-electron chi connectivity index (χ4n) is 4.49. The summed E-state index contributed by atoms with van der Waals surface area (Å²) >= 11 is 0. The molecule has 4 atom stereocenters. The predicted molar refractivity (Wildman–Crippen MR) is 112 cm³/mol. The average molecular weight is 403 g/mol. The Bertz CT molecular complexity index is 951. The van der Waals surface area contributed by atoms with Crippen LogP contribution in [0.1, 0.15) is 34.7 Å². The smallest absolute Gasteiger partial charge is 0.245 e. The van der Waals surface area contributed by atoms with Crippen molar-refractivity contribution in [1.82, 2.24) is 5.32 Å². The minimum absolute atomic E-state index is 0.375. The lowest BCUT2D eigenvalue weighted by Crippen LogP contribution is -2.57. The molecule has 0 spiro atoms. The molecular weight excluding hydrogens is 382 g/mol. The van der Waals surface area contributed by atoms with Gasteiger partial charge in [-0.25, -0.2) is 0 Å². The zero-order valence-corrected chi connectivity index (χ0v) is 16.1. The first-order valence-corrected chi connectivity index (χ1v) is 9.76. The molecule has 0 aliphatic carbocycles. The van der Waals surface area contributed by atoms with E-state index in [1.165, 1.54) is 0 Å². The molecular formula is C23H21N3O4. The van der Waals surface area contributed by atoms with E-state index in [0.717, 1.165) is 11.1 Å². The molecule has 0 bridgehead atoms. The predicted octanol–water partition coefficient (Wildman–Crippen LogP) is 4.15. The first-order chi connectivity index (χ1) is 14.6. The van der Waals surface area contributed by atoms with Crippen molar-refractivity contribution >= 4 is 0 Å². The molecule has 1 heterocycles. The largest absolute Gasteiger partial charge is 0.291 e. The fraction of sp³-hybridized carbons (Fsp3) is 0.217. The summed E-state index contributed by atoms with van der Waals surface area (Å²) in [5.41, 5.74) is 2.08. The van der Waals surface area contributed by atoms with Gasteiger partial charge < -0.3 is 0 Å². The van der Waals surface area contributed by atoms with E-state index in [-0.39, 0.29) is 9.85 Å². The van der Waals surface area contributed by atoms with Gasteiger partial charge in [-0.1, -0.05) is 91.0 Å². The van der Waals surface area contributed by atoms with Gasteiger partial charge in [0.2, 0.25) is 12.1 Å². The number of benzene rings is 3. The summed E-state index contributed by atoms with van der Waals surface area (Å²) in [6.07, 6.45) is 0. The Kier molecular flexibility index (Phi) is 5.54.